The number of fused-ring (bicyclic) bond motifs is 4. The summed E-state index contributed by atoms with van der Waals surface area (Å²) in [5.74, 6) is 0. The van der Waals surface area contributed by atoms with E-state index in [4.69, 9.17) is 0 Å². The highest BCUT2D eigenvalue weighted by Gasteiger charge is 2.40. The van der Waals surface area contributed by atoms with Crippen LogP contribution >= 0.6 is 0 Å². The SMILES string of the molecule is CC1(c2ccc3ccccc3c2)c2ccccc2-c2ccccc21. The summed E-state index contributed by atoms with van der Waals surface area (Å²) in [6.07, 6.45) is 0. The van der Waals surface area contributed by atoms with Crippen molar-refractivity contribution in [3.63, 3.8) is 0 Å². The molecule has 114 valence electrons. The highest BCUT2D eigenvalue weighted by molar-refractivity contribution is 5.87. The minimum atomic E-state index is -0.1000. The van der Waals surface area contributed by atoms with E-state index in [-0.39, 0.29) is 5.41 Å². The lowest BCUT2D eigenvalue weighted by atomic mass is 9.74. The second-order valence-corrected chi connectivity index (χ2v) is 6.78. The van der Waals surface area contributed by atoms with Crippen LogP contribution in [0.5, 0.6) is 0 Å². The second kappa shape index (κ2) is 4.82. The molecule has 0 radical (unpaired) electrons. The molecule has 0 heterocycles. The molecule has 0 bridgehead atoms. The first kappa shape index (κ1) is 13.6. The van der Waals surface area contributed by atoms with Gasteiger partial charge in [0.1, 0.15) is 0 Å². The van der Waals surface area contributed by atoms with E-state index < -0.39 is 0 Å². The van der Waals surface area contributed by atoms with Gasteiger partial charge in [-0.2, -0.15) is 0 Å². The first-order chi connectivity index (χ1) is 11.8. The predicted molar refractivity (Wildman–Crippen MR) is 101 cm³/mol. The average Bonchev–Trinajstić information content (AvgIpc) is 2.92. The van der Waals surface area contributed by atoms with Crippen molar-refractivity contribution >= 4 is 10.8 Å². The molecule has 5 rings (SSSR count). The zero-order valence-corrected chi connectivity index (χ0v) is 13.7. The van der Waals surface area contributed by atoms with Crippen LogP contribution in [0.25, 0.3) is 21.9 Å². The third-order valence-corrected chi connectivity index (χ3v) is 5.55. The molecule has 0 saturated heterocycles. The lowest BCUT2D eigenvalue weighted by Crippen LogP contribution is -2.22. The third-order valence-electron chi connectivity index (χ3n) is 5.55. The molecule has 4 aromatic rings. The minimum absolute atomic E-state index is 0.1000. The van der Waals surface area contributed by atoms with Gasteiger partial charge in [0.15, 0.2) is 0 Å². The van der Waals surface area contributed by atoms with E-state index in [9.17, 15) is 0 Å². The molecule has 0 saturated carbocycles. The molecule has 0 unspecified atom stereocenters. The Hall–Kier alpha value is -2.86. The fourth-order valence-electron chi connectivity index (χ4n) is 4.26. The molecule has 0 spiro atoms. The van der Waals surface area contributed by atoms with E-state index in [1.807, 2.05) is 0 Å². The normalized spacial score (nSPS) is 14.4. The summed E-state index contributed by atoms with van der Waals surface area (Å²) >= 11 is 0. The van der Waals surface area contributed by atoms with E-state index in [0.29, 0.717) is 0 Å². The van der Waals surface area contributed by atoms with E-state index in [0.717, 1.165) is 0 Å². The van der Waals surface area contributed by atoms with Gasteiger partial charge in [-0.25, -0.2) is 0 Å². The molecule has 0 atom stereocenters. The van der Waals surface area contributed by atoms with Gasteiger partial charge in [-0.1, -0.05) is 84.9 Å². The fourth-order valence-corrected chi connectivity index (χ4v) is 4.26. The van der Waals surface area contributed by atoms with Crippen molar-refractivity contribution in [2.75, 3.05) is 0 Å². The van der Waals surface area contributed by atoms with Crippen LogP contribution in [0.1, 0.15) is 23.6 Å². The maximum Gasteiger partial charge on any atom is 0.0435 e. The zero-order chi connectivity index (χ0) is 16.1. The monoisotopic (exact) mass is 306 g/mol. The predicted octanol–water partition coefficient (Wildman–Crippen LogP) is 6.17. The third kappa shape index (κ3) is 1.68. The molecule has 0 fully saturated rings. The second-order valence-electron chi connectivity index (χ2n) is 6.78. The van der Waals surface area contributed by atoms with E-state index in [2.05, 4.69) is 97.9 Å². The summed E-state index contributed by atoms with van der Waals surface area (Å²) in [6, 6.07) is 33.2. The Balaban J connectivity index is 1.85. The lowest BCUT2D eigenvalue weighted by molar-refractivity contribution is 0.715. The zero-order valence-electron chi connectivity index (χ0n) is 13.7. The van der Waals surface area contributed by atoms with E-state index in [1.54, 1.807) is 0 Å². The Labute approximate surface area is 142 Å². The largest absolute Gasteiger partial charge is 0.0619 e. The van der Waals surface area contributed by atoms with Crippen LogP contribution in [0.4, 0.5) is 0 Å². The molecule has 1 aliphatic rings. The van der Waals surface area contributed by atoms with Crippen molar-refractivity contribution in [1.29, 1.82) is 0 Å². The van der Waals surface area contributed by atoms with Gasteiger partial charge < -0.3 is 0 Å². The summed E-state index contributed by atoms with van der Waals surface area (Å²) in [5, 5.41) is 2.60. The standard InChI is InChI=1S/C24H18/c1-24(19-15-14-17-8-2-3-9-18(17)16-19)22-12-6-4-10-20(22)21-11-5-7-13-23(21)24/h2-16H,1H3. The van der Waals surface area contributed by atoms with Crippen LogP contribution in [-0.4, -0.2) is 0 Å². The van der Waals surface area contributed by atoms with Crippen LogP contribution in [0.2, 0.25) is 0 Å². The maximum atomic E-state index is 2.36. The molecule has 24 heavy (non-hydrogen) atoms. The van der Waals surface area contributed by atoms with Gasteiger partial charge in [0.05, 0.1) is 0 Å². The maximum absolute atomic E-state index is 2.36. The molecule has 0 aromatic heterocycles. The summed E-state index contributed by atoms with van der Waals surface area (Å²) in [5.41, 5.74) is 6.80. The lowest BCUT2D eigenvalue weighted by Gasteiger charge is -2.28. The molecule has 0 nitrogen and oxygen atoms in total. The molecule has 0 heteroatoms. The van der Waals surface area contributed by atoms with E-state index in [1.165, 1.54) is 38.6 Å². The smallest absolute Gasteiger partial charge is 0.0435 e. The Bertz CT molecular complexity index is 1030. The summed E-state index contributed by atoms with van der Waals surface area (Å²) in [6.45, 7) is 2.36. The highest BCUT2D eigenvalue weighted by Crippen LogP contribution is 2.52. The van der Waals surface area contributed by atoms with Crippen molar-refractivity contribution in [3.8, 4) is 11.1 Å². The number of hydrogen-bond acceptors (Lipinski definition) is 0. The molecule has 1 aliphatic carbocycles. The molecular weight excluding hydrogens is 288 g/mol. The van der Waals surface area contributed by atoms with Gasteiger partial charge in [-0.15, -0.1) is 0 Å². The van der Waals surface area contributed by atoms with Gasteiger partial charge >= 0.3 is 0 Å². The van der Waals surface area contributed by atoms with Crippen molar-refractivity contribution < 1.29 is 0 Å². The van der Waals surface area contributed by atoms with Crippen molar-refractivity contribution in [3.05, 3.63) is 108 Å². The fraction of sp³-hybridized carbons (Fsp3) is 0.0833. The van der Waals surface area contributed by atoms with Crippen LogP contribution in [0.15, 0.2) is 91.0 Å². The first-order valence-electron chi connectivity index (χ1n) is 8.47. The van der Waals surface area contributed by atoms with Crippen molar-refractivity contribution in [1.82, 2.24) is 0 Å². The summed E-state index contributed by atoms with van der Waals surface area (Å²) < 4.78 is 0. The van der Waals surface area contributed by atoms with Gasteiger partial charge in [-0.3, -0.25) is 0 Å². The van der Waals surface area contributed by atoms with Crippen LogP contribution < -0.4 is 0 Å². The van der Waals surface area contributed by atoms with Gasteiger partial charge in [-0.05, 0) is 51.6 Å². The van der Waals surface area contributed by atoms with Crippen LogP contribution in [0, 0.1) is 0 Å². The number of hydrogen-bond donors (Lipinski definition) is 0. The number of rotatable bonds is 1. The van der Waals surface area contributed by atoms with Crippen LogP contribution in [0.3, 0.4) is 0 Å². The Kier molecular flexibility index (Phi) is 2.72. The van der Waals surface area contributed by atoms with Crippen LogP contribution in [-0.2, 0) is 5.41 Å². The van der Waals surface area contributed by atoms with E-state index >= 15 is 0 Å². The topological polar surface area (TPSA) is 0 Å². The first-order valence-corrected chi connectivity index (χ1v) is 8.47. The minimum Gasteiger partial charge on any atom is -0.0619 e. The average molecular weight is 306 g/mol. The summed E-state index contributed by atoms with van der Waals surface area (Å²) in [4.78, 5) is 0. The van der Waals surface area contributed by atoms with Crippen molar-refractivity contribution in [2.45, 2.75) is 12.3 Å². The molecule has 0 amide bonds. The highest BCUT2D eigenvalue weighted by atomic mass is 14.4. The van der Waals surface area contributed by atoms with Gasteiger partial charge in [0.2, 0.25) is 0 Å². The van der Waals surface area contributed by atoms with Gasteiger partial charge in [0, 0.05) is 5.41 Å². The summed E-state index contributed by atoms with van der Waals surface area (Å²) in [7, 11) is 0. The Morgan fingerprint density at radius 2 is 1.08 bits per heavy atom. The molecular formula is C24H18. The Morgan fingerprint density at radius 1 is 0.542 bits per heavy atom. The van der Waals surface area contributed by atoms with Gasteiger partial charge in [0.25, 0.3) is 0 Å². The molecule has 0 N–H and O–H groups in total. The quantitative estimate of drug-likeness (QED) is 0.394. The molecule has 0 aliphatic heterocycles. The molecule has 4 aromatic carbocycles. The Morgan fingerprint density at radius 3 is 1.75 bits per heavy atom. The number of benzene rings is 4. The van der Waals surface area contributed by atoms with Crippen molar-refractivity contribution in [2.24, 2.45) is 0 Å².